The molecule has 0 bridgehead atoms. The molecule has 7 heteroatoms. The average molecular weight is 369 g/mol. The first-order valence-corrected chi connectivity index (χ1v) is 9.62. The van der Waals surface area contributed by atoms with Gasteiger partial charge in [-0.2, -0.15) is 0 Å². The summed E-state index contributed by atoms with van der Waals surface area (Å²) in [7, 11) is 0. The predicted octanol–water partition coefficient (Wildman–Crippen LogP) is 1.90. The second kappa shape index (κ2) is 6.99. The van der Waals surface area contributed by atoms with Crippen LogP contribution in [-0.4, -0.2) is 48.1 Å². The van der Waals surface area contributed by atoms with E-state index in [1.54, 1.807) is 6.07 Å². The second-order valence-electron chi connectivity index (χ2n) is 6.49. The highest BCUT2D eigenvalue weighted by atomic mass is 32.2. The molecule has 3 heterocycles. The Morgan fingerprint density at radius 3 is 2.73 bits per heavy atom. The van der Waals surface area contributed by atoms with Crippen molar-refractivity contribution in [2.24, 2.45) is 0 Å². The van der Waals surface area contributed by atoms with E-state index in [9.17, 15) is 9.59 Å². The number of thioether (sulfide) groups is 1. The number of nitrogens with zero attached hydrogens (tertiary/aromatic N) is 2. The maximum atomic E-state index is 12.9. The third-order valence-corrected chi connectivity index (χ3v) is 5.94. The maximum Gasteiger partial charge on any atom is 0.274 e. The minimum atomic E-state index is -0.105. The van der Waals surface area contributed by atoms with Crippen molar-refractivity contribution in [3.8, 4) is 0 Å². The Balaban J connectivity index is 1.44. The van der Waals surface area contributed by atoms with Crippen molar-refractivity contribution in [2.45, 2.75) is 17.1 Å². The van der Waals surface area contributed by atoms with Crippen LogP contribution >= 0.6 is 11.8 Å². The molecule has 0 spiro atoms. The lowest BCUT2D eigenvalue weighted by molar-refractivity contribution is -0.364. The first-order chi connectivity index (χ1) is 12.6. The fourth-order valence-electron chi connectivity index (χ4n) is 3.26. The number of carbonyl (C=O) groups is 2. The fraction of sp³-hybridized carbons (Fsp3) is 0.316. The largest absolute Gasteiger partial charge is 0.331 e. The summed E-state index contributed by atoms with van der Waals surface area (Å²) in [6.07, 6.45) is 1.91. The number of aromatic nitrogens is 1. The van der Waals surface area contributed by atoms with Crippen LogP contribution in [0.3, 0.4) is 0 Å². The number of rotatable bonds is 2. The van der Waals surface area contributed by atoms with Crippen LogP contribution in [0.25, 0.3) is 0 Å². The van der Waals surface area contributed by atoms with E-state index in [0.29, 0.717) is 18.7 Å². The molecule has 2 aliphatic rings. The zero-order chi connectivity index (χ0) is 18.1. The SMILES string of the molecule is C[C@@H]1Sc2ccc(C(=O)N3CCN(c4cccc[nH+]4)CC3)cc2NC1=O. The third kappa shape index (κ3) is 3.26. The van der Waals surface area contributed by atoms with Crippen LogP contribution < -0.4 is 15.2 Å². The number of pyridine rings is 1. The van der Waals surface area contributed by atoms with Gasteiger partial charge in [0, 0.05) is 16.5 Å². The van der Waals surface area contributed by atoms with Crippen LogP contribution in [0.1, 0.15) is 17.3 Å². The van der Waals surface area contributed by atoms with E-state index in [1.807, 2.05) is 48.4 Å². The quantitative estimate of drug-likeness (QED) is 0.878. The van der Waals surface area contributed by atoms with Crippen molar-refractivity contribution in [1.82, 2.24) is 4.90 Å². The van der Waals surface area contributed by atoms with E-state index in [4.69, 9.17) is 0 Å². The number of nitrogens with one attached hydrogen (secondary N) is 2. The zero-order valence-corrected chi connectivity index (χ0v) is 15.4. The Hall–Kier alpha value is -2.54. The van der Waals surface area contributed by atoms with Gasteiger partial charge in [0.1, 0.15) is 13.1 Å². The van der Waals surface area contributed by atoms with E-state index < -0.39 is 0 Å². The lowest BCUT2D eigenvalue weighted by atomic mass is 10.1. The number of hydrogen-bond donors (Lipinski definition) is 1. The smallest absolute Gasteiger partial charge is 0.274 e. The molecule has 0 aliphatic carbocycles. The Morgan fingerprint density at radius 1 is 1.19 bits per heavy atom. The number of carbonyl (C=O) groups excluding carboxylic acids is 2. The second-order valence-corrected chi connectivity index (χ2v) is 7.87. The van der Waals surface area contributed by atoms with Crippen molar-refractivity contribution < 1.29 is 14.6 Å². The van der Waals surface area contributed by atoms with Crippen LogP contribution in [0.5, 0.6) is 0 Å². The normalized spacial score (nSPS) is 19.7. The van der Waals surface area contributed by atoms with E-state index in [1.165, 1.54) is 11.8 Å². The van der Waals surface area contributed by atoms with Gasteiger partial charge in [-0.05, 0) is 31.2 Å². The highest BCUT2D eigenvalue weighted by Crippen LogP contribution is 2.36. The van der Waals surface area contributed by atoms with Gasteiger partial charge in [0.2, 0.25) is 5.91 Å². The summed E-state index contributed by atoms with van der Waals surface area (Å²) >= 11 is 1.53. The van der Waals surface area contributed by atoms with Crippen LogP contribution in [0, 0.1) is 0 Å². The standard InChI is InChI=1S/C19H20N4O2S/c1-13-18(24)21-15-12-14(5-6-16(15)26-13)19(25)23-10-8-22(9-11-23)17-4-2-3-7-20-17/h2-7,12-13H,8-11H2,1H3,(H,21,24)/p+1/t13-/m0/s1. The Labute approximate surface area is 156 Å². The molecule has 2 N–H and O–H groups in total. The summed E-state index contributed by atoms with van der Waals surface area (Å²) in [5.41, 5.74) is 1.36. The number of piperazine rings is 1. The predicted molar refractivity (Wildman–Crippen MR) is 102 cm³/mol. The number of benzene rings is 1. The van der Waals surface area contributed by atoms with Crippen molar-refractivity contribution >= 4 is 35.1 Å². The van der Waals surface area contributed by atoms with Gasteiger partial charge in [0.05, 0.1) is 30.2 Å². The first-order valence-electron chi connectivity index (χ1n) is 8.74. The van der Waals surface area contributed by atoms with Crippen LogP contribution in [-0.2, 0) is 4.79 Å². The fourth-order valence-corrected chi connectivity index (χ4v) is 4.19. The number of amides is 2. The minimum absolute atomic E-state index is 0.0141. The third-order valence-electron chi connectivity index (χ3n) is 4.76. The van der Waals surface area contributed by atoms with E-state index in [2.05, 4.69) is 15.2 Å². The maximum absolute atomic E-state index is 12.9. The highest BCUT2D eigenvalue weighted by molar-refractivity contribution is 8.00. The summed E-state index contributed by atoms with van der Waals surface area (Å²) in [6.45, 7) is 4.82. The molecular formula is C19H21N4O2S+. The average Bonchev–Trinajstić information content (AvgIpc) is 2.69. The number of hydrogen-bond acceptors (Lipinski definition) is 4. The Morgan fingerprint density at radius 2 is 2.00 bits per heavy atom. The molecule has 2 aromatic rings. The van der Waals surface area contributed by atoms with Crippen LogP contribution in [0.4, 0.5) is 11.5 Å². The number of aromatic amines is 1. The molecule has 2 aliphatic heterocycles. The lowest BCUT2D eigenvalue weighted by Crippen LogP contribution is -2.50. The summed E-state index contributed by atoms with van der Waals surface area (Å²) in [6, 6.07) is 11.6. The molecular weight excluding hydrogens is 348 g/mol. The monoisotopic (exact) mass is 369 g/mol. The molecule has 1 saturated heterocycles. The summed E-state index contributed by atoms with van der Waals surface area (Å²) in [4.78, 5) is 33.1. The Kier molecular flexibility index (Phi) is 4.55. The van der Waals surface area contributed by atoms with Gasteiger partial charge < -0.3 is 10.2 Å². The molecule has 1 atom stereocenters. The molecule has 0 unspecified atom stereocenters. The number of fused-ring (bicyclic) bond motifs is 1. The van der Waals surface area contributed by atoms with Gasteiger partial charge >= 0.3 is 0 Å². The topological polar surface area (TPSA) is 66.8 Å². The molecule has 26 heavy (non-hydrogen) atoms. The molecule has 0 saturated carbocycles. The van der Waals surface area contributed by atoms with Crippen molar-refractivity contribution in [2.75, 3.05) is 36.4 Å². The summed E-state index contributed by atoms with van der Waals surface area (Å²) in [5.74, 6) is 1.07. The van der Waals surface area contributed by atoms with Gasteiger partial charge in [0.15, 0.2) is 0 Å². The summed E-state index contributed by atoms with van der Waals surface area (Å²) < 4.78 is 0. The molecule has 1 aromatic heterocycles. The van der Waals surface area contributed by atoms with Gasteiger partial charge in [-0.1, -0.05) is 6.07 Å². The Bertz CT molecular complexity index is 835. The molecule has 6 nitrogen and oxygen atoms in total. The molecule has 2 amide bonds. The highest BCUT2D eigenvalue weighted by Gasteiger charge is 2.28. The molecule has 0 radical (unpaired) electrons. The molecule has 4 rings (SSSR count). The van der Waals surface area contributed by atoms with Gasteiger partial charge in [-0.15, -0.1) is 11.8 Å². The molecule has 1 fully saturated rings. The van der Waals surface area contributed by atoms with Gasteiger partial charge in [-0.3, -0.25) is 14.5 Å². The number of anilines is 2. The number of H-pyrrole nitrogens is 1. The lowest BCUT2D eigenvalue weighted by Gasteiger charge is -2.31. The van der Waals surface area contributed by atoms with Crippen molar-refractivity contribution in [3.05, 3.63) is 48.2 Å². The zero-order valence-electron chi connectivity index (χ0n) is 14.6. The molecule has 1 aromatic carbocycles. The van der Waals surface area contributed by atoms with Gasteiger partial charge in [-0.25, -0.2) is 4.98 Å². The van der Waals surface area contributed by atoms with Crippen molar-refractivity contribution in [1.29, 1.82) is 0 Å². The molecule has 134 valence electrons. The van der Waals surface area contributed by atoms with Gasteiger partial charge in [0.25, 0.3) is 11.7 Å². The van der Waals surface area contributed by atoms with E-state index in [-0.39, 0.29) is 17.1 Å². The van der Waals surface area contributed by atoms with Crippen LogP contribution in [0.15, 0.2) is 47.5 Å². The summed E-state index contributed by atoms with van der Waals surface area (Å²) in [5, 5.41) is 2.79. The van der Waals surface area contributed by atoms with E-state index >= 15 is 0 Å². The van der Waals surface area contributed by atoms with E-state index in [0.717, 1.165) is 29.5 Å². The van der Waals surface area contributed by atoms with Crippen molar-refractivity contribution in [3.63, 3.8) is 0 Å². The minimum Gasteiger partial charge on any atom is -0.331 e. The van der Waals surface area contributed by atoms with Crippen LogP contribution in [0.2, 0.25) is 0 Å². The first kappa shape index (κ1) is 16.9.